The van der Waals surface area contributed by atoms with Crippen LogP contribution in [0.5, 0.6) is 0 Å². The summed E-state index contributed by atoms with van der Waals surface area (Å²) >= 11 is 0. The first-order valence-electron chi connectivity index (χ1n) is 6.46. The van der Waals surface area contributed by atoms with Gasteiger partial charge in [-0.1, -0.05) is 13.3 Å². The van der Waals surface area contributed by atoms with Crippen molar-refractivity contribution in [3.8, 4) is 6.07 Å². The monoisotopic (exact) mass is 220 g/mol. The summed E-state index contributed by atoms with van der Waals surface area (Å²) in [6.07, 6.45) is 7.02. The first-order chi connectivity index (χ1) is 7.73. The maximum atomic E-state index is 12.4. The lowest BCUT2D eigenvalue weighted by Crippen LogP contribution is -2.48. The highest BCUT2D eigenvalue weighted by molar-refractivity contribution is 5.87. The molecule has 0 aromatic rings. The molecule has 0 aromatic heterocycles. The largest absolute Gasteiger partial charge is 0.338 e. The molecule has 2 aliphatic rings. The highest BCUT2D eigenvalue weighted by atomic mass is 16.2. The molecule has 0 spiro atoms. The summed E-state index contributed by atoms with van der Waals surface area (Å²) in [6, 6.07) is 2.71. The van der Waals surface area contributed by atoms with Gasteiger partial charge in [0.15, 0.2) is 0 Å². The lowest BCUT2D eigenvalue weighted by atomic mass is 9.69. The minimum Gasteiger partial charge on any atom is -0.338 e. The summed E-state index contributed by atoms with van der Waals surface area (Å²) in [6.45, 7) is 2.99. The Hall–Kier alpha value is -1.04. The quantitative estimate of drug-likeness (QED) is 0.714. The standard InChI is InChI=1S/C13H20N2O/c1-2-3-9-15(11-5-6-11)12(16)13(10-14)7-4-8-13/h11H,2-9H2,1H3. The van der Waals surface area contributed by atoms with Crippen molar-refractivity contribution in [2.45, 2.75) is 57.9 Å². The van der Waals surface area contributed by atoms with Crippen LogP contribution in [-0.4, -0.2) is 23.4 Å². The number of hydrogen-bond acceptors (Lipinski definition) is 2. The van der Waals surface area contributed by atoms with Crippen LogP contribution in [0.2, 0.25) is 0 Å². The minimum absolute atomic E-state index is 0.122. The van der Waals surface area contributed by atoms with Gasteiger partial charge < -0.3 is 4.90 Å². The zero-order valence-corrected chi connectivity index (χ0v) is 10.0. The molecule has 0 radical (unpaired) electrons. The van der Waals surface area contributed by atoms with Crippen LogP contribution < -0.4 is 0 Å². The Bertz CT molecular complexity index is 310. The number of amides is 1. The smallest absolute Gasteiger partial charge is 0.243 e. The van der Waals surface area contributed by atoms with Crippen molar-refractivity contribution in [2.75, 3.05) is 6.54 Å². The van der Waals surface area contributed by atoms with Crippen LogP contribution in [-0.2, 0) is 4.79 Å². The lowest BCUT2D eigenvalue weighted by molar-refractivity contribution is -0.143. The number of carbonyl (C=O) groups excluding carboxylic acids is 1. The Labute approximate surface area is 97.4 Å². The normalized spacial score (nSPS) is 22.0. The molecule has 0 N–H and O–H groups in total. The molecule has 1 amide bonds. The SMILES string of the molecule is CCCCN(C(=O)C1(C#N)CCC1)C1CC1. The molecular formula is C13H20N2O. The van der Waals surface area contributed by atoms with Gasteiger partial charge in [0, 0.05) is 12.6 Å². The fourth-order valence-corrected chi connectivity index (χ4v) is 2.34. The van der Waals surface area contributed by atoms with E-state index in [1.165, 1.54) is 0 Å². The summed E-state index contributed by atoms with van der Waals surface area (Å²) in [5.41, 5.74) is -0.643. The van der Waals surface area contributed by atoms with E-state index in [2.05, 4.69) is 13.0 Å². The van der Waals surface area contributed by atoms with Crippen molar-refractivity contribution in [1.29, 1.82) is 5.26 Å². The second kappa shape index (κ2) is 4.45. The van der Waals surface area contributed by atoms with Gasteiger partial charge in [-0.25, -0.2) is 0 Å². The predicted octanol–water partition coefficient (Wildman–Crippen LogP) is 2.47. The molecule has 0 atom stereocenters. The summed E-state index contributed by atoms with van der Waals surface area (Å²) in [5.74, 6) is 0.122. The van der Waals surface area contributed by atoms with E-state index in [1.54, 1.807) is 0 Å². The molecule has 16 heavy (non-hydrogen) atoms. The van der Waals surface area contributed by atoms with E-state index >= 15 is 0 Å². The molecule has 0 unspecified atom stereocenters. The average Bonchev–Trinajstić information content (AvgIpc) is 3.02. The van der Waals surface area contributed by atoms with Crippen molar-refractivity contribution < 1.29 is 4.79 Å². The van der Waals surface area contributed by atoms with Crippen molar-refractivity contribution in [1.82, 2.24) is 4.90 Å². The highest BCUT2D eigenvalue weighted by Gasteiger charge is 2.49. The van der Waals surface area contributed by atoms with E-state index in [0.29, 0.717) is 6.04 Å². The molecule has 2 rings (SSSR count). The van der Waals surface area contributed by atoms with E-state index in [4.69, 9.17) is 0 Å². The number of nitriles is 1. The Morgan fingerprint density at radius 3 is 2.56 bits per heavy atom. The second-order valence-electron chi connectivity index (χ2n) is 5.13. The van der Waals surface area contributed by atoms with Gasteiger partial charge in [0.1, 0.15) is 5.41 Å². The fourth-order valence-electron chi connectivity index (χ4n) is 2.34. The van der Waals surface area contributed by atoms with Crippen molar-refractivity contribution in [3.05, 3.63) is 0 Å². The lowest BCUT2D eigenvalue weighted by Gasteiger charge is -2.38. The van der Waals surface area contributed by atoms with Crippen LogP contribution in [0.3, 0.4) is 0 Å². The van der Waals surface area contributed by atoms with Crippen LogP contribution >= 0.6 is 0 Å². The summed E-state index contributed by atoms with van der Waals surface area (Å²) in [7, 11) is 0. The van der Waals surface area contributed by atoms with E-state index in [-0.39, 0.29) is 5.91 Å². The Morgan fingerprint density at radius 1 is 1.50 bits per heavy atom. The molecule has 0 saturated heterocycles. The van der Waals surface area contributed by atoms with Crippen LogP contribution in [0.15, 0.2) is 0 Å². The number of unbranched alkanes of at least 4 members (excludes halogenated alkanes) is 1. The first-order valence-corrected chi connectivity index (χ1v) is 6.46. The molecule has 2 aliphatic carbocycles. The molecule has 2 fully saturated rings. The predicted molar refractivity (Wildman–Crippen MR) is 61.5 cm³/mol. The molecule has 0 bridgehead atoms. The molecule has 88 valence electrons. The number of nitrogens with zero attached hydrogens (tertiary/aromatic N) is 2. The van der Waals surface area contributed by atoms with Crippen LogP contribution in [0.1, 0.15) is 51.9 Å². The maximum absolute atomic E-state index is 12.4. The van der Waals surface area contributed by atoms with Crippen molar-refractivity contribution in [2.24, 2.45) is 5.41 Å². The van der Waals surface area contributed by atoms with E-state index in [1.807, 2.05) is 4.90 Å². The van der Waals surface area contributed by atoms with Crippen molar-refractivity contribution >= 4 is 5.91 Å². The van der Waals surface area contributed by atoms with Gasteiger partial charge in [-0.3, -0.25) is 4.79 Å². The van der Waals surface area contributed by atoms with Crippen LogP contribution in [0, 0.1) is 16.7 Å². The molecular weight excluding hydrogens is 200 g/mol. The third-order valence-electron chi connectivity index (χ3n) is 3.83. The Balaban J connectivity index is 2.02. The zero-order chi connectivity index (χ0) is 11.6. The maximum Gasteiger partial charge on any atom is 0.243 e. The van der Waals surface area contributed by atoms with Gasteiger partial charge >= 0.3 is 0 Å². The fraction of sp³-hybridized carbons (Fsp3) is 0.846. The summed E-state index contributed by atoms with van der Waals surface area (Å²) in [5, 5.41) is 9.19. The highest BCUT2D eigenvalue weighted by Crippen LogP contribution is 2.43. The van der Waals surface area contributed by atoms with Gasteiger partial charge in [-0.2, -0.15) is 5.26 Å². The third-order valence-corrected chi connectivity index (χ3v) is 3.83. The van der Waals surface area contributed by atoms with Gasteiger partial charge in [-0.05, 0) is 38.5 Å². The second-order valence-corrected chi connectivity index (χ2v) is 5.13. The molecule has 0 heterocycles. The molecule has 2 saturated carbocycles. The van der Waals surface area contributed by atoms with Gasteiger partial charge in [0.2, 0.25) is 5.91 Å². The van der Waals surface area contributed by atoms with E-state index in [0.717, 1.165) is 51.5 Å². The Morgan fingerprint density at radius 2 is 2.19 bits per heavy atom. The minimum atomic E-state index is -0.643. The Kier molecular flexibility index (Phi) is 3.18. The zero-order valence-electron chi connectivity index (χ0n) is 10.0. The van der Waals surface area contributed by atoms with Gasteiger partial charge in [0.05, 0.1) is 6.07 Å². The van der Waals surface area contributed by atoms with E-state index in [9.17, 15) is 10.1 Å². The van der Waals surface area contributed by atoms with Crippen LogP contribution in [0.4, 0.5) is 0 Å². The number of carbonyl (C=O) groups is 1. The third kappa shape index (κ3) is 1.93. The van der Waals surface area contributed by atoms with Gasteiger partial charge in [-0.15, -0.1) is 0 Å². The summed E-state index contributed by atoms with van der Waals surface area (Å²) in [4.78, 5) is 14.4. The molecule has 3 nitrogen and oxygen atoms in total. The molecule has 0 aromatic carbocycles. The van der Waals surface area contributed by atoms with Gasteiger partial charge in [0.25, 0.3) is 0 Å². The molecule has 3 heteroatoms. The average molecular weight is 220 g/mol. The number of hydrogen-bond donors (Lipinski definition) is 0. The first kappa shape index (κ1) is 11.4. The topological polar surface area (TPSA) is 44.1 Å². The van der Waals surface area contributed by atoms with Crippen molar-refractivity contribution in [3.63, 3.8) is 0 Å². The molecule has 0 aliphatic heterocycles. The number of rotatable bonds is 5. The summed E-state index contributed by atoms with van der Waals surface area (Å²) < 4.78 is 0. The van der Waals surface area contributed by atoms with Crippen LogP contribution in [0.25, 0.3) is 0 Å². The van der Waals surface area contributed by atoms with E-state index < -0.39 is 5.41 Å².